The van der Waals surface area contributed by atoms with Crippen molar-refractivity contribution >= 4 is 0 Å². The smallest absolute Gasteiger partial charge is 0.165 e. The molecule has 0 saturated heterocycles. The summed E-state index contributed by atoms with van der Waals surface area (Å²) in [6, 6.07) is 7.90. The van der Waals surface area contributed by atoms with Crippen LogP contribution in [0.25, 0.3) is 11.3 Å². The molecule has 0 radical (unpaired) electrons. The molecule has 0 aliphatic carbocycles. The maximum absolute atomic E-state index is 9.35. The van der Waals surface area contributed by atoms with Gasteiger partial charge in [0.15, 0.2) is 5.76 Å². The van der Waals surface area contributed by atoms with E-state index < -0.39 is 6.10 Å². The van der Waals surface area contributed by atoms with Gasteiger partial charge >= 0.3 is 0 Å². The number of rotatable bonds is 2. The van der Waals surface area contributed by atoms with E-state index in [-0.39, 0.29) is 0 Å². The molecule has 0 amide bonds. The molecule has 1 unspecified atom stereocenters. The molecular formula is C13H15NO2. The quantitative estimate of drug-likeness (QED) is 0.841. The standard InChI is InChI=1S/C13H15NO2/c1-8-4-5-11(6-9(8)2)12-7-13(10(3)15)16-14-12/h4-7,10,15H,1-3H3. The van der Waals surface area contributed by atoms with Crippen LogP contribution in [0, 0.1) is 13.8 Å². The molecule has 0 spiro atoms. The van der Waals surface area contributed by atoms with Gasteiger partial charge in [0, 0.05) is 11.6 Å². The van der Waals surface area contributed by atoms with Gasteiger partial charge in [-0.15, -0.1) is 0 Å². The van der Waals surface area contributed by atoms with Crippen LogP contribution < -0.4 is 0 Å². The van der Waals surface area contributed by atoms with Gasteiger partial charge in [0.1, 0.15) is 11.8 Å². The maximum atomic E-state index is 9.35. The Kier molecular flexibility index (Phi) is 2.79. The number of aryl methyl sites for hydroxylation is 2. The van der Waals surface area contributed by atoms with Crippen LogP contribution in [0.4, 0.5) is 0 Å². The van der Waals surface area contributed by atoms with Crippen LogP contribution in [-0.4, -0.2) is 10.3 Å². The van der Waals surface area contributed by atoms with Crippen LogP contribution >= 0.6 is 0 Å². The van der Waals surface area contributed by atoms with Crippen molar-refractivity contribution in [2.45, 2.75) is 26.9 Å². The van der Waals surface area contributed by atoms with Crippen LogP contribution in [0.15, 0.2) is 28.8 Å². The predicted octanol–water partition coefficient (Wildman–Crippen LogP) is 3.01. The molecule has 84 valence electrons. The fraction of sp³-hybridized carbons (Fsp3) is 0.308. The summed E-state index contributed by atoms with van der Waals surface area (Å²) in [5.74, 6) is 0.494. The zero-order valence-electron chi connectivity index (χ0n) is 9.69. The average molecular weight is 217 g/mol. The molecule has 1 aromatic carbocycles. The summed E-state index contributed by atoms with van der Waals surface area (Å²) >= 11 is 0. The Morgan fingerprint density at radius 1 is 1.19 bits per heavy atom. The van der Waals surface area contributed by atoms with E-state index in [0.29, 0.717) is 5.76 Å². The van der Waals surface area contributed by atoms with E-state index in [2.05, 4.69) is 31.1 Å². The van der Waals surface area contributed by atoms with Gasteiger partial charge in [0.05, 0.1) is 0 Å². The second-order valence-corrected chi connectivity index (χ2v) is 4.09. The van der Waals surface area contributed by atoms with Crippen molar-refractivity contribution in [2.75, 3.05) is 0 Å². The Balaban J connectivity index is 2.39. The summed E-state index contributed by atoms with van der Waals surface area (Å²) in [6.45, 7) is 5.79. The van der Waals surface area contributed by atoms with Crippen molar-refractivity contribution in [1.82, 2.24) is 5.16 Å². The number of aliphatic hydroxyl groups excluding tert-OH is 1. The molecule has 1 N–H and O–H groups in total. The number of benzene rings is 1. The first-order valence-electron chi connectivity index (χ1n) is 5.30. The second kappa shape index (κ2) is 4.10. The van der Waals surface area contributed by atoms with E-state index in [1.807, 2.05) is 6.07 Å². The number of hydrogen-bond donors (Lipinski definition) is 1. The third-order valence-electron chi connectivity index (χ3n) is 2.74. The molecule has 0 saturated carbocycles. The van der Waals surface area contributed by atoms with Crippen LogP contribution in [0.5, 0.6) is 0 Å². The molecule has 2 rings (SSSR count). The SMILES string of the molecule is Cc1ccc(-c2cc(C(C)O)on2)cc1C. The molecule has 1 atom stereocenters. The highest BCUT2D eigenvalue weighted by Crippen LogP contribution is 2.24. The van der Waals surface area contributed by atoms with E-state index in [9.17, 15) is 5.11 Å². The lowest BCUT2D eigenvalue weighted by Gasteiger charge is -2.01. The second-order valence-electron chi connectivity index (χ2n) is 4.09. The first-order chi connectivity index (χ1) is 7.58. The molecule has 0 bridgehead atoms. The third kappa shape index (κ3) is 1.99. The normalized spacial score (nSPS) is 12.8. The van der Waals surface area contributed by atoms with Gasteiger partial charge in [-0.25, -0.2) is 0 Å². The van der Waals surface area contributed by atoms with Gasteiger partial charge in [-0.2, -0.15) is 0 Å². The van der Waals surface area contributed by atoms with E-state index in [0.717, 1.165) is 11.3 Å². The minimum atomic E-state index is -0.618. The van der Waals surface area contributed by atoms with Crippen molar-refractivity contribution in [1.29, 1.82) is 0 Å². The van der Waals surface area contributed by atoms with Gasteiger partial charge < -0.3 is 9.63 Å². The number of hydrogen-bond acceptors (Lipinski definition) is 3. The average Bonchev–Trinajstić information content (AvgIpc) is 2.71. The highest BCUT2D eigenvalue weighted by molar-refractivity contribution is 5.60. The van der Waals surface area contributed by atoms with Crippen LogP contribution in [0.2, 0.25) is 0 Å². The molecular weight excluding hydrogens is 202 g/mol. The van der Waals surface area contributed by atoms with Gasteiger partial charge in [-0.1, -0.05) is 17.3 Å². The molecule has 0 aliphatic rings. The lowest BCUT2D eigenvalue weighted by molar-refractivity contribution is 0.158. The minimum Gasteiger partial charge on any atom is -0.385 e. The molecule has 0 aliphatic heterocycles. The Labute approximate surface area is 94.7 Å². The molecule has 1 aromatic heterocycles. The van der Waals surface area contributed by atoms with Crippen molar-refractivity contribution < 1.29 is 9.63 Å². The molecule has 0 fully saturated rings. The topological polar surface area (TPSA) is 46.3 Å². The Bertz CT molecular complexity index is 500. The van der Waals surface area contributed by atoms with Crippen molar-refractivity contribution in [2.24, 2.45) is 0 Å². The Hall–Kier alpha value is -1.61. The minimum absolute atomic E-state index is 0.494. The highest BCUT2D eigenvalue weighted by atomic mass is 16.5. The van der Waals surface area contributed by atoms with E-state index in [1.165, 1.54) is 11.1 Å². The Morgan fingerprint density at radius 2 is 1.94 bits per heavy atom. The summed E-state index contributed by atoms with van der Waals surface area (Å²) in [5, 5.41) is 13.3. The fourth-order valence-corrected chi connectivity index (χ4v) is 1.52. The number of aliphatic hydroxyl groups is 1. The summed E-state index contributed by atoms with van der Waals surface area (Å²) < 4.78 is 5.05. The summed E-state index contributed by atoms with van der Waals surface area (Å²) in [6.07, 6.45) is -0.618. The predicted molar refractivity (Wildman–Crippen MR) is 62.0 cm³/mol. The van der Waals surface area contributed by atoms with E-state index in [1.54, 1.807) is 13.0 Å². The van der Waals surface area contributed by atoms with Gasteiger partial charge in [-0.3, -0.25) is 0 Å². The Morgan fingerprint density at radius 3 is 2.50 bits per heavy atom. The first-order valence-corrected chi connectivity index (χ1v) is 5.30. The number of nitrogens with zero attached hydrogens (tertiary/aromatic N) is 1. The zero-order chi connectivity index (χ0) is 11.7. The van der Waals surface area contributed by atoms with E-state index >= 15 is 0 Å². The highest BCUT2D eigenvalue weighted by Gasteiger charge is 2.10. The fourth-order valence-electron chi connectivity index (χ4n) is 1.52. The number of aromatic nitrogens is 1. The van der Waals surface area contributed by atoms with Gasteiger partial charge in [-0.05, 0) is 38.0 Å². The first kappa shape index (κ1) is 10.9. The van der Waals surface area contributed by atoms with Crippen molar-refractivity contribution in [3.63, 3.8) is 0 Å². The molecule has 16 heavy (non-hydrogen) atoms. The van der Waals surface area contributed by atoms with Crippen molar-refractivity contribution in [3.05, 3.63) is 41.2 Å². The summed E-state index contributed by atoms with van der Waals surface area (Å²) in [7, 11) is 0. The third-order valence-corrected chi connectivity index (χ3v) is 2.74. The maximum Gasteiger partial charge on any atom is 0.165 e. The van der Waals surface area contributed by atoms with Crippen LogP contribution in [0.1, 0.15) is 29.9 Å². The van der Waals surface area contributed by atoms with Crippen LogP contribution in [0.3, 0.4) is 0 Å². The largest absolute Gasteiger partial charge is 0.385 e. The van der Waals surface area contributed by atoms with Crippen LogP contribution in [-0.2, 0) is 0 Å². The lowest BCUT2D eigenvalue weighted by atomic mass is 10.0. The van der Waals surface area contributed by atoms with Crippen molar-refractivity contribution in [3.8, 4) is 11.3 Å². The molecule has 3 heteroatoms. The van der Waals surface area contributed by atoms with Gasteiger partial charge in [0.2, 0.25) is 0 Å². The monoisotopic (exact) mass is 217 g/mol. The summed E-state index contributed by atoms with van der Waals surface area (Å²) in [5.41, 5.74) is 4.25. The van der Waals surface area contributed by atoms with E-state index in [4.69, 9.17) is 4.52 Å². The van der Waals surface area contributed by atoms with Gasteiger partial charge in [0.25, 0.3) is 0 Å². The zero-order valence-corrected chi connectivity index (χ0v) is 9.69. The summed E-state index contributed by atoms with van der Waals surface area (Å²) in [4.78, 5) is 0. The molecule has 3 nitrogen and oxygen atoms in total. The lowest BCUT2D eigenvalue weighted by Crippen LogP contribution is -1.86. The molecule has 1 heterocycles. The molecule has 2 aromatic rings.